The average molecular weight is 810 g/mol. The minimum absolute atomic E-state index is 0.00945. The predicted octanol–water partition coefficient (Wildman–Crippen LogP) is 1.28. The highest BCUT2D eigenvalue weighted by molar-refractivity contribution is 7.46. The van der Waals surface area contributed by atoms with Crippen LogP contribution >= 0.6 is 7.82 Å². The molecule has 0 fully saturated rings. The summed E-state index contributed by atoms with van der Waals surface area (Å²) >= 11 is 0. The fourth-order valence-electron chi connectivity index (χ4n) is 5.86. The topological polar surface area (TPSA) is 264 Å². The third kappa shape index (κ3) is 18.2. The monoisotopic (exact) mass is 809 g/mol. The number of amides is 3. The van der Waals surface area contributed by atoms with Crippen LogP contribution in [0.3, 0.4) is 0 Å². The van der Waals surface area contributed by atoms with Crippen LogP contribution in [0, 0.1) is 17.8 Å². The number of aliphatic hydroxyl groups is 1. The summed E-state index contributed by atoms with van der Waals surface area (Å²) in [5.41, 5.74) is 1.27. The van der Waals surface area contributed by atoms with Gasteiger partial charge in [0.2, 0.25) is 17.7 Å². The lowest BCUT2D eigenvalue weighted by atomic mass is 9.89. The Labute approximate surface area is 326 Å². The Hall–Kier alpha value is -4.16. The Morgan fingerprint density at radius 3 is 2.20 bits per heavy atom. The van der Waals surface area contributed by atoms with Crippen LogP contribution in [0.25, 0.3) is 0 Å². The zero-order chi connectivity index (χ0) is 41.8. The summed E-state index contributed by atoms with van der Waals surface area (Å²) in [4.78, 5) is 106. The molecule has 2 rings (SSSR count). The summed E-state index contributed by atoms with van der Waals surface area (Å²) in [5, 5.41) is 15.3. The van der Waals surface area contributed by atoms with Gasteiger partial charge in [0.1, 0.15) is 11.8 Å². The zero-order valence-electron chi connectivity index (χ0n) is 32.5. The number of ketones is 3. The number of nitrogens with one attached hydrogen (secondary N) is 3. The van der Waals surface area contributed by atoms with Gasteiger partial charge in [0.25, 0.3) is 0 Å². The van der Waals surface area contributed by atoms with E-state index in [-0.39, 0.29) is 50.8 Å². The third-order valence-corrected chi connectivity index (χ3v) is 9.37. The van der Waals surface area contributed by atoms with Gasteiger partial charge in [-0.3, -0.25) is 33.3 Å². The van der Waals surface area contributed by atoms with E-state index in [9.17, 15) is 48.2 Å². The maximum atomic E-state index is 13.9. The van der Waals surface area contributed by atoms with E-state index in [0.29, 0.717) is 18.9 Å². The van der Waals surface area contributed by atoms with Crippen molar-refractivity contribution in [2.24, 2.45) is 17.8 Å². The molecule has 56 heavy (non-hydrogen) atoms. The van der Waals surface area contributed by atoms with E-state index >= 15 is 0 Å². The number of aliphatic hydroxyl groups excluding tert-OH is 1. The first-order valence-corrected chi connectivity index (χ1v) is 19.8. The molecule has 0 radical (unpaired) electrons. The molecular weight excluding hydrogens is 753 g/mol. The molecule has 0 aliphatic rings. The number of carbonyl (C=O) groups excluding carboxylic acids is 6. The van der Waals surface area contributed by atoms with Crippen LogP contribution in [-0.2, 0) is 60.3 Å². The number of aromatic amines is 1. The third-order valence-electron chi connectivity index (χ3n) is 8.77. The molecule has 0 saturated carbocycles. The quantitative estimate of drug-likeness (QED) is 0.0523. The van der Waals surface area contributed by atoms with Gasteiger partial charge in [-0.15, -0.1) is 0 Å². The number of ether oxygens (including phenoxy) is 2. The van der Waals surface area contributed by atoms with Gasteiger partial charge >= 0.3 is 7.82 Å². The van der Waals surface area contributed by atoms with Crippen molar-refractivity contribution in [3.05, 3.63) is 54.1 Å². The highest BCUT2D eigenvalue weighted by Crippen LogP contribution is 2.39. The number of nitrogens with zero attached hydrogens (tertiary/aromatic N) is 2. The summed E-state index contributed by atoms with van der Waals surface area (Å²) in [6.45, 7) is 5.71. The van der Waals surface area contributed by atoms with Crippen molar-refractivity contribution in [1.82, 2.24) is 25.5 Å². The van der Waals surface area contributed by atoms with Gasteiger partial charge in [0.15, 0.2) is 11.6 Å². The minimum Gasteiger partial charge on any atom is -0.394 e. The number of methoxy groups -OCH3 is 1. The van der Waals surface area contributed by atoms with Crippen LogP contribution in [0.1, 0.15) is 64.6 Å². The molecule has 2 aromatic rings. The molecule has 312 valence electrons. The smallest absolute Gasteiger partial charge is 0.394 e. The zero-order valence-corrected chi connectivity index (χ0v) is 33.4. The Kier molecular flexibility index (Phi) is 21.0. The first-order chi connectivity index (χ1) is 26.4. The maximum absolute atomic E-state index is 13.9. The van der Waals surface area contributed by atoms with E-state index in [1.54, 1.807) is 0 Å². The lowest BCUT2D eigenvalue weighted by Gasteiger charge is -2.26. The molecule has 0 unspecified atom stereocenters. The van der Waals surface area contributed by atoms with Crippen LogP contribution in [-0.4, -0.2) is 123 Å². The Morgan fingerprint density at radius 2 is 1.62 bits per heavy atom. The fraction of sp³-hybridized carbons (Fsp3) is 0.595. The highest BCUT2D eigenvalue weighted by Gasteiger charge is 2.35. The lowest BCUT2D eigenvalue weighted by Crippen LogP contribution is -2.50. The molecule has 6 N–H and O–H groups in total. The lowest BCUT2D eigenvalue weighted by molar-refractivity contribution is -0.138. The Morgan fingerprint density at radius 1 is 0.946 bits per heavy atom. The average Bonchev–Trinajstić information content (AvgIpc) is 3.64. The van der Waals surface area contributed by atoms with Crippen LogP contribution in [0.15, 0.2) is 42.9 Å². The first-order valence-electron chi connectivity index (χ1n) is 18.3. The van der Waals surface area contributed by atoms with Crippen molar-refractivity contribution in [3.63, 3.8) is 0 Å². The molecule has 18 nitrogen and oxygen atoms in total. The molecule has 5 atom stereocenters. The molecular formula is C37H56N5O13P. The molecule has 0 bridgehead atoms. The van der Waals surface area contributed by atoms with Gasteiger partial charge < -0.3 is 44.9 Å². The van der Waals surface area contributed by atoms with Crippen molar-refractivity contribution in [2.45, 2.75) is 84.5 Å². The molecule has 0 saturated heterocycles. The molecule has 19 heteroatoms. The predicted molar refractivity (Wildman–Crippen MR) is 201 cm³/mol. The van der Waals surface area contributed by atoms with Gasteiger partial charge in [-0.1, -0.05) is 44.2 Å². The van der Waals surface area contributed by atoms with Crippen LogP contribution in [0.4, 0.5) is 0 Å². The highest BCUT2D eigenvalue weighted by atomic mass is 31.2. The molecule has 1 heterocycles. The van der Waals surface area contributed by atoms with E-state index < -0.39 is 86.5 Å². The van der Waals surface area contributed by atoms with Crippen LogP contribution in [0.2, 0.25) is 0 Å². The normalized spacial score (nSPS) is 14.3. The van der Waals surface area contributed by atoms with Crippen molar-refractivity contribution < 1.29 is 62.2 Å². The molecule has 1 aromatic carbocycles. The fourth-order valence-corrected chi connectivity index (χ4v) is 6.44. The van der Waals surface area contributed by atoms with E-state index in [1.165, 1.54) is 31.5 Å². The molecule has 3 amide bonds. The maximum Gasteiger partial charge on any atom is 0.469 e. The van der Waals surface area contributed by atoms with Gasteiger partial charge in [-0.05, 0) is 31.7 Å². The summed E-state index contributed by atoms with van der Waals surface area (Å²) in [6.07, 6.45) is 0.634. The second-order valence-corrected chi connectivity index (χ2v) is 15.1. The largest absolute Gasteiger partial charge is 0.469 e. The number of aromatic nitrogens is 2. The van der Waals surface area contributed by atoms with Crippen molar-refractivity contribution >= 4 is 42.9 Å². The molecule has 0 spiro atoms. The SMILES string of the molecule is COCCOCCC(=O)N(CC(=O)N[C@@H](CC(C)C)C(=O)C[C@@H](Cc1cnc[nH]1)C(=O)N[C@@H](CO)C(=O)C[C@H](C(C)=O)[C@@H](C)OP(=O)(O)O)Cc1ccccc1. The van der Waals surface area contributed by atoms with Crippen molar-refractivity contribution in [3.8, 4) is 0 Å². The van der Waals surface area contributed by atoms with Crippen molar-refractivity contribution in [2.75, 3.05) is 40.1 Å². The number of benzene rings is 1. The second-order valence-electron chi connectivity index (χ2n) is 13.9. The number of rotatable bonds is 28. The Balaban J connectivity index is 2.24. The van der Waals surface area contributed by atoms with E-state index in [2.05, 4.69) is 25.1 Å². The van der Waals surface area contributed by atoms with Gasteiger partial charge in [-0.25, -0.2) is 9.55 Å². The summed E-state index contributed by atoms with van der Waals surface area (Å²) in [5.74, 6) is -6.12. The summed E-state index contributed by atoms with van der Waals surface area (Å²) in [6, 6.07) is 6.51. The van der Waals surface area contributed by atoms with Crippen LogP contribution < -0.4 is 10.6 Å². The van der Waals surface area contributed by atoms with Gasteiger partial charge in [0, 0.05) is 44.8 Å². The number of hydrogen-bond acceptors (Lipinski definition) is 12. The van der Waals surface area contributed by atoms with Crippen molar-refractivity contribution in [1.29, 1.82) is 0 Å². The van der Waals surface area contributed by atoms with Crippen LogP contribution in [0.5, 0.6) is 0 Å². The van der Waals surface area contributed by atoms with Gasteiger partial charge in [-0.2, -0.15) is 0 Å². The van der Waals surface area contributed by atoms with E-state index in [1.807, 2.05) is 44.2 Å². The summed E-state index contributed by atoms with van der Waals surface area (Å²) < 4.78 is 26.4. The first kappa shape index (κ1) is 48.0. The second kappa shape index (κ2) is 24.5. The number of carbonyl (C=O) groups is 6. The number of hydrogen-bond donors (Lipinski definition) is 6. The summed E-state index contributed by atoms with van der Waals surface area (Å²) in [7, 11) is -3.47. The molecule has 1 aromatic heterocycles. The number of Topliss-reactive ketones (excluding diaryl/α,β-unsaturated/α-hetero) is 3. The Bertz CT molecular complexity index is 1600. The number of phosphoric acid groups is 1. The number of H-pyrrole nitrogens is 1. The number of imidazole rings is 1. The minimum atomic E-state index is -5.00. The van der Waals surface area contributed by atoms with E-state index in [4.69, 9.17) is 9.47 Å². The number of phosphoric ester groups is 1. The van der Waals surface area contributed by atoms with Gasteiger partial charge in [0.05, 0.1) is 69.7 Å². The standard InChI is InChI=1S/C37H56N5O13P/c1-24(2)15-31(40-35(47)21-42(20-27-9-7-6-8-10-27)36(48)11-12-54-14-13-53-5)33(45)17-28(16-29-19-38-23-39-29)37(49)41-32(22-43)34(46)18-30(25(3)44)26(4)55-56(50,51)52/h6-10,19,23-24,26,28,30-32,43H,11-18,20-22H2,1-5H3,(H,38,39)(H,40,47)(H,41,49)(H2,50,51,52)/t26-,28-,30-,31+,32+/m1/s1. The molecule has 0 aliphatic heterocycles. The molecule has 0 aliphatic carbocycles. The van der Waals surface area contributed by atoms with E-state index in [0.717, 1.165) is 12.5 Å².